The quantitative estimate of drug-likeness (QED) is 0.411. The minimum Gasteiger partial charge on any atom is -0.494 e. The van der Waals surface area contributed by atoms with Crippen molar-refractivity contribution in [2.24, 2.45) is 5.73 Å². The molecule has 0 radical (unpaired) electrons. The first-order valence-electron chi connectivity index (χ1n) is 11.0. The van der Waals surface area contributed by atoms with Gasteiger partial charge < -0.3 is 15.0 Å². The van der Waals surface area contributed by atoms with Crippen LogP contribution in [0.5, 0.6) is 5.75 Å². The van der Waals surface area contributed by atoms with Crippen molar-refractivity contribution in [2.75, 3.05) is 11.3 Å². The molecule has 33 heavy (non-hydrogen) atoms. The number of rotatable bonds is 11. The summed E-state index contributed by atoms with van der Waals surface area (Å²) in [4.78, 5) is 24.7. The number of sulfonamides is 1. The van der Waals surface area contributed by atoms with E-state index in [-0.39, 0.29) is 15.8 Å². The monoisotopic (exact) mass is 471 g/mol. The van der Waals surface area contributed by atoms with Gasteiger partial charge in [0.25, 0.3) is 15.9 Å². The maximum absolute atomic E-state index is 13.0. The van der Waals surface area contributed by atoms with E-state index < -0.39 is 21.4 Å². The molecule has 0 spiro atoms. The second-order valence-corrected chi connectivity index (χ2v) is 9.41. The number of ether oxygens (including phenoxy) is 1. The van der Waals surface area contributed by atoms with Crippen molar-refractivity contribution in [3.05, 3.63) is 64.4 Å². The van der Waals surface area contributed by atoms with Crippen LogP contribution in [0.1, 0.15) is 49.9 Å². The molecule has 0 unspecified atom stereocenters. The van der Waals surface area contributed by atoms with Crippen molar-refractivity contribution in [2.45, 2.75) is 51.0 Å². The highest BCUT2D eigenvalue weighted by Gasteiger charge is 2.19. The van der Waals surface area contributed by atoms with Crippen LogP contribution in [0.2, 0.25) is 0 Å². The van der Waals surface area contributed by atoms with Crippen molar-refractivity contribution in [3.8, 4) is 5.75 Å². The van der Waals surface area contributed by atoms with Crippen LogP contribution < -0.4 is 20.6 Å². The second-order valence-electron chi connectivity index (χ2n) is 7.73. The van der Waals surface area contributed by atoms with E-state index in [0.29, 0.717) is 30.1 Å². The molecule has 3 rings (SSSR count). The first-order valence-corrected chi connectivity index (χ1v) is 12.5. The standard InChI is InChI=1S/C24H29N3O5S/c1-3-5-6-7-14-27-16-21(24(25)29)23(28)20-15-19(12-13-22(20)27)33(30,31)26-17-8-10-18(11-9-17)32-4-2/h8-13,15-16,26H,3-7,14H2,1-2H3,(H2,25,29). The molecule has 0 atom stereocenters. The summed E-state index contributed by atoms with van der Waals surface area (Å²) in [7, 11) is -3.97. The highest BCUT2D eigenvalue weighted by molar-refractivity contribution is 7.92. The lowest BCUT2D eigenvalue weighted by molar-refractivity contribution is 0.0998. The van der Waals surface area contributed by atoms with Gasteiger partial charge in [0.15, 0.2) is 0 Å². The number of hydrogen-bond acceptors (Lipinski definition) is 5. The SMILES string of the molecule is CCCCCCn1cc(C(N)=O)c(=O)c2cc(S(=O)(=O)Nc3ccc(OCC)cc3)ccc21. The van der Waals surface area contributed by atoms with Gasteiger partial charge in [0, 0.05) is 23.8 Å². The van der Waals surface area contributed by atoms with Crippen LogP contribution in [0.25, 0.3) is 10.9 Å². The highest BCUT2D eigenvalue weighted by Crippen LogP contribution is 2.22. The Balaban J connectivity index is 1.99. The van der Waals surface area contributed by atoms with E-state index in [1.807, 2.05) is 6.92 Å². The number of fused-ring (bicyclic) bond motifs is 1. The lowest BCUT2D eigenvalue weighted by Crippen LogP contribution is -2.24. The summed E-state index contributed by atoms with van der Waals surface area (Å²) in [5.41, 5.74) is 5.59. The van der Waals surface area contributed by atoms with Crippen LogP contribution >= 0.6 is 0 Å². The van der Waals surface area contributed by atoms with Gasteiger partial charge in [0.1, 0.15) is 11.3 Å². The third-order valence-corrected chi connectivity index (χ3v) is 6.68. The molecule has 9 heteroatoms. The number of benzene rings is 2. The molecule has 1 aromatic heterocycles. The van der Waals surface area contributed by atoms with Crippen molar-refractivity contribution in [1.82, 2.24) is 4.57 Å². The number of carbonyl (C=O) groups is 1. The Kier molecular flexibility index (Phi) is 7.75. The van der Waals surface area contributed by atoms with Crippen molar-refractivity contribution in [3.63, 3.8) is 0 Å². The summed E-state index contributed by atoms with van der Waals surface area (Å²) >= 11 is 0. The predicted octanol–water partition coefficient (Wildman–Crippen LogP) is 3.88. The number of nitrogens with zero attached hydrogens (tertiary/aromatic N) is 1. The molecule has 0 aliphatic heterocycles. The molecule has 8 nitrogen and oxygen atoms in total. The van der Waals surface area contributed by atoms with Crippen molar-refractivity contribution in [1.29, 1.82) is 0 Å². The molecule has 0 aliphatic rings. The minimum atomic E-state index is -3.97. The normalized spacial score (nSPS) is 11.5. The first-order chi connectivity index (χ1) is 15.8. The number of nitrogens with two attached hydrogens (primary N) is 1. The number of hydrogen-bond donors (Lipinski definition) is 2. The van der Waals surface area contributed by atoms with E-state index in [0.717, 1.165) is 25.7 Å². The van der Waals surface area contributed by atoms with Gasteiger partial charge in [-0.05, 0) is 55.8 Å². The van der Waals surface area contributed by atoms with Crippen molar-refractivity contribution < 1.29 is 17.9 Å². The summed E-state index contributed by atoms with van der Waals surface area (Å²) in [5, 5.41) is 0.136. The lowest BCUT2D eigenvalue weighted by Gasteiger charge is -2.14. The van der Waals surface area contributed by atoms with Gasteiger partial charge in [-0.3, -0.25) is 14.3 Å². The molecule has 0 aliphatic carbocycles. The van der Waals surface area contributed by atoms with Gasteiger partial charge in [-0.25, -0.2) is 8.42 Å². The Morgan fingerprint density at radius 2 is 1.79 bits per heavy atom. The molecule has 0 bridgehead atoms. The van der Waals surface area contributed by atoms with E-state index in [1.165, 1.54) is 18.3 Å². The number of unbranched alkanes of at least 4 members (excludes halogenated alkanes) is 3. The Morgan fingerprint density at radius 1 is 1.06 bits per heavy atom. The lowest BCUT2D eigenvalue weighted by atomic mass is 10.1. The molecule has 0 saturated heterocycles. The maximum Gasteiger partial charge on any atom is 0.261 e. The Bertz CT molecular complexity index is 1300. The molecular formula is C24H29N3O5S. The molecule has 176 valence electrons. The number of nitrogens with one attached hydrogen (secondary N) is 1. The van der Waals surface area contributed by atoms with Gasteiger partial charge in [0.05, 0.1) is 17.0 Å². The molecule has 0 saturated carbocycles. The van der Waals surface area contributed by atoms with Crippen LogP contribution in [0, 0.1) is 0 Å². The number of aromatic nitrogens is 1. The summed E-state index contributed by atoms with van der Waals surface area (Å²) in [6.45, 7) is 5.07. The van der Waals surface area contributed by atoms with Crippen LogP contribution in [-0.2, 0) is 16.6 Å². The number of aryl methyl sites for hydroxylation is 1. The molecule has 0 fully saturated rings. The molecule has 1 amide bonds. The van der Waals surface area contributed by atoms with E-state index >= 15 is 0 Å². The average molecular weight is 472 g/mol. The molecular weight excluding hydrogens is 442 g/mol. The zero-order valence-corrected chi connectivity index (χ0v) is 19.7. The van der Waals surface area contributed by atoms with Crippen LogP contribution in [0.3, 0.4) is 0 Å². The number of anilines is 1. The minimum absolute atomic E-state index is 0.0832. The molecule has 3 N–H and O–H groups in total. The van der Waals surface area contributed by atoms with Gasteiger partial charge in [-0.2, -0.15) is 0 Å². The first kappa shape index (κ1) is 24.3. The summed E-state index contributed by atoms with van der Waals surface area (Å²) in [6, 6.07) is 10.9. The molecule has 1 heterocycles. The fourth-order valence-corrected chi connectivity index (χ4v) is 4.70. The Morgan fingerprint density at radius 3 is 2.42 bits per heavy atom. The van der Waals surface area contributed by atoms with E-state index in [2.05, 4.69) is 11.6 Å². The third-order valence-electron chi connectivity index (χ3n) is 5.30. The summed E-state index contributed by atoms with van der Waals surface area (Å²) < 4.78 is 35.6. The predicted molar refractivity (Wildman–Crippen MR) is 129 cm³/mol. The van der Waals surface area contributed by atoms with E-state index in [1.54, 1.807) is 34.9 Å². The Hall–Kier alpha value is -3.33. The van der Waals surface area contributed by atoms with E-state index in [4.69, 9.17) is 10.5 Å². The van der Waals surface area contributed by atoms with Crippen LogP contribution in [-0.4, -0.2) is 25.5 Å². The van der Waals surface area contributed by atoms with Gasteiger partial charge >= 0.3 is 0 Å². The van der Waals surface area contributed by atoms with E-state index in [9.17, 15) is 18.0 Å². The summed E-state index contributed by atoms with van der Waals surface area (Å²) in [6.07, 6.45) is 5.50. The number of carbonyl (C=O) groups excluding carboxylic acids is 1. The topological polar surface area (TPSA) is 120 Å². The molecule has 2 aromatic carbocycles. The number of amides is 1. The fraction of sp³-hybridized carbons (Fsp3) is 0.333. The maximum atomic E-state index is 13.0. The highest BCUT2D eigenvalue weighted by atomic mass is 32.2. The van der Waals surface area contributed by atoms with Gasteiger partial charge in [-0.1, -0.05) is 26.2 Å². The van der Waals surface area contributed by atoms with Gasteiger partial charge in [0.2, 0.25) is 5.43 Å². The number of pyridine rings is 1. The largest absolute Gasteiger partial charge is 0.494 e. The van der Waals surface area contributed by atoms with Crippen LogP contribution in [0.4, 0.5) is 5.69 Å². The smallest absolute Gasteiger partial charge is 0.261 e. The fourth-order valence-electron chi connectivity index (χ4n) is 3.61. The summed E-state index contributed by atoms with van der Waals surface area (Å²) in [5.74, 6) is -0.213. The number of primary amides is 1. The average Bonchev–Trinajstić information content (AvgIpc) is 2.79. The third kappa shape index (κ3) is 5.73. The Labute approximate surface area is 193 Å². The second kappa shape index (κ2) is 10.5. The van der Waals surface area contributed by atoms with Crippen molar-refractivity contribution >= 4 is 32.5 Å². The zero-order valence-electron chi connectivity index (χ0n) is 18.8. The van der Waals surface area contributed by atoms with Crippen LogP contribution in [0.15, 0.2) is 58.4 Å². The van der Waals surface area contributed by atoms with Gasteiger partial charge in [-0.15, -0.1) is 0 Å². The molecule has 3 aromatic rings. The zero-order chi connectivity index (χ0) is 24.0.